The van der Waals surface area contributed by atoms with Crippen LogP contribution in [0.25, 0.3) is 0 Å². The van der Waals surface area contributed by atoms with Gasteiger partial charge in [0.25, 0.3) is 0 Å². The largest absolute Gasteiger partial charge is 0.497 e. The first-order valence-corrected chi connectivity index (χ1v) is 6.70. The van der Waals surface area contributed by atoms with Crippen LogP contribution in [0.3, 0.4) is 0 Å². The fourth-order valence-corrected chi connectivity index (χ4v) is 3.19. The minimum Gasteiger partial charge on any atom is -0.497 e. The summed E-state index contributed by atoms with van der Waals surface area (Å²) in [5.74, 6) is 3.99. The zero-order valence-electron chi connectivity index (χ0n) is 9.44. The second-order valence-electron chi connectivity index (χ2n) is 4.09. The highest BCUT2D eigenvalue weighted by Crippen LogP contribution is 2.27. The number of carbonyl (C=O) groups is 1. The van der Waals surface area contributed by atoms with E-state index in [0.717, 1.165) is 17.1 Å². The van der Waals surface area contributed by atoms with Crippen molar-refractivity contribution in [3.05, 3.63) is 29.8 Å². The van der Waals surface area contributed by atoms with Gasteiger partial charge >= 0.3 is 0 Å². The molecular formula is C13H16O2S. The first-order valence-electron chi connectivity index (χ1n) is 5.54. The number of carbonyl (C=O) groups excluding carboxylic acids is 1. The van der Waals surface area contributed by atoms with Crippen molar-refractivity contribution >= 4 is 17.5 Å². The molecule has 1 fully saturated rings. The second kappa shape index (κ2) is 5.39. The molecule has 16 heavy (non-hydrogen) atoms. The number of rotatable bonds is 4. The van der Waals surface area contributed by atoms with E-state index in [0.29, 0.717) is 12.3 Å². The molecule has 0 aliphatic carbocycles. The van der Waals surface area contributed by atoms with Gasteiger partial charge in [-0.1, -0.05) is 0 Å². The third kappa shape index (κ3) is 2.79. The summed E-state index contributed by atoms with van der Waals surface area (Å²) in [5.41, 5.74) is 0.803. The summed E-state index contributed by atoms with van der Waals surface area (Å²) in [4.78, 5) is 12.0. The second-order valence-corrected chi connectivity index (χ2v) is 5.24. The van der Waals surface area contributed by atoms with Gasteiger partial charge in [-0.15, -0.1) is 0 Å². The Hall–Kier alpha value is -0.960. The normalized spacial score (nSPS) is 19.7. The fraction of sp³-hybridized carbons (Fsp3) is 0.462. The van der Waals surface area contributed by atoms with Crippen LogP contribution >= 0.6 is 11.8 Å². The van der Waals surface area contributed by atoms with Crippen molar-refractivity contribution < 1.29 is 9.53 Å². The zero-order valence-corrected chi connectivity index (χ0v) is 10.3. The van der Waals surface area contributed by atoms with Gasteiger partial charge in [-0.3, -0.25) is 4.79 Å². The molecule has 86 valence electrons. The van der Waals surface area contributed by atoms with Gasteiger partial charge in [-0.05, 0) is 48.1 Å². The molecule has 0 spiro atoms. The Balaban J connectivity index is 1.97. The van der Waals surface area contributed by atoms with Crippen LogP contribution in [0.5, 0.6) is 5.75 Å². The van der Waals surface area contributed by atoms with Crippen LogP contribution < -0.4 is 4.74 Å². The number of methoxy groups -OCH3 is 1. The van der Waals surface area contributed by atoms with Crippen LogP contribution in [0, 0.1) is 5.92 Å². The highest BCUT2D eigenvalue weighted by atomic mass is 32.2. The summed E-state index contributed by atoms with van der Waals surface area (Å²) in [6, 6.07) is 7.39. The lowest BCUT2D eigenvalue weighted by atomic mass is 9.98. The van der Waals surface area contributed by atoms with Crippen molar-refractivity contribution in [1.29, 1.82) is 0 Å². The van der Waals surface area contributed by atoms with Crippen LogP contribution in [0.15, 0.2) is 24.3 Å². The summed E-state index contributed by atoms with van der Waals surface area (Å²) in [6.45, 7) is 0. The van der Waals surface area contributed by atoms with Crippen LogP contribution in [0.1, 0.15) is 23.2 Å². The minimum atomic E-state index is 0.259. The smallest absolute Gasteiger partial charge is 0.163 e. The van der Waals surface area contributed by atoms with E-state index in [1.807, 2.05) is 36.0 Å². The topological polar surface area (TPSA) is 26.3 Å². The number of hydrogen-bond acceptors (Lipinski definition) is 3. The Morgan fingerprint density at radius 3 is 2.75 bits per heavy atom. The van der Waals surface area contributed by atoms with Gasteiger partial charge in [-0.2, -0.15) is 11.8 Å². The molecule has 0 saturated carbocycles. The summed E-state index contributed by atoms with van der Waals surface area (Å²) in [6.07, 6.45) is 1.88. The van der Waals surface area contributed by atoms with E-state index < -0.39 is 0 Å². The fourth-order valence-electron chi connectivity index (χ4n) is 1.90. The molecule has 2 nitrogen and oxygen atoms in total. The van der Waals surface area contributed by atoms with Crippen LogP contribution in [-0.2, 0) is 0 Å². The van der Waals surface area contributed by atoms with Gasteiger partial charge in [-0.25, -0.2) is 0 Å². The summed E-state index contributed by atoms with van der Waals surface area (Å²) < 4.78 is 5.07. The molecule has 2 rings (SSSR count). The van der Waals surface area contributed by atoms with Crippen molar-refractivity contribution in [1.82, 2.24) is 0 Å². The third-order valence-corrected chi connectivity index (χ3v) is 4.14. The lowest BCUT2D eigenvalue weighted by Crippen LogP contribution is -2.07. The first kappa shape index (κ1) is 11.5. The molecule has 1 heterocycles. The van der Waals surface area contributed by atoms with Crippen molar-refractivity contribution in [2.45, 2.75) is 12.8 Å². The Morgan fingerprint density at radius 2 is 2.19 bits per heavy atom. The number of ketones is 1. The maximum atomic E-state index is 12.0. The first-order chi connectivity index (χ1) is 7.79. The van der Waals surface area contributed by atoms with E-state index in [4.69, 9.17) is 4.74 Å². The molecular weight excluding hydrogens is 220 g/mol. The van der Waals surface area contributed by atoms with Gasteiger partial charge in [0.05, 0.1) is 7.11 Å². The molecule has 1 aliphatic rings. The maximum absolute atomic E-state index is 12.0. The van der Waals surface area contributed by atoms with E-state index >= 15 is 0 Å². The monoisotopic (exact) mass is 236 g/mol. The Morgan fingerprint density at radius 1 is 1.44 bits per heavy atom. The Bertz CT molecular complexity index is 353. The number of ether oxygens (including phenoxy) is 1. The lowest BCUT2D eigenvalue weighted by molar-refractivity contribution is 0.0965. The number of benzene rings is 1. The van der Waals surface area contributed by atoms with Crippen LogP contribution in [0.4, 0.5) is 0 Å². The van der Waals surface area contributed by atoms with Gasteiger partial charge in [0, 0.05) is 12.0 Å². The van der Waals surface area contributed by atoms with Crippen LogP contribution in [-0.4, -0.2) is 24.4 Å². The molecule has 3 heteroatoms. The Kier molecular flexibility index (Phi) is 3.88. The summed E-state index contributed by atoms with van der Waals surface area (Å²) in [5, 5.41) is 0. The quantitative estimate of drug-likeness (QED) is 0.752. The van der Waals surface area contributed by atoms with E-state index in [-0.39, 0.29) is 5.78 Å². The summed E-state index contributed by atoms with van der Waals surface area (Å²) >= 11 is 1.95. The predicted octanol–water partition coefficient (Wildman–Crippen LogP) is 3.02. The van der Waals surface area contributed by atoms with Crippen molar-refractivity contribution in [3.8, 4) is 5.75 Å². The molecule has 0 amide bonds. The van der Waals surface area contributed by atoms with Crippen molar-refractivity contribution in [2.75, 3.05) is 18.6 Å². The molecule has 1 aliphatic heterocycles. The summed E-state index contributed by atoms with van der Waals surface area (Å²) in [7, 11) is 1.63. The van der Waals surface area contributed by atoms with E-state index in [1.54, 1.807) is 7.11 Å². The van der Waals surface area contributed by atoms with Crippen molar-refractivity contribution in [3.63, 3.8) is 0 Å². The van der Waals surface area contributed by atoms with Crippen molar-refractivity contribution in [2.24, 2.45) is 5.92 Å². The number of hydrogen-bond donors (Lipinski definition) is 0. The standard InChI is InChI=1S/C13H16O2S/c1-15-12-4-2-11(3-5-12)13(14)8-10-6-7-16-9-10/h2-5,10H,6-9H2,1H3. The zero-order chi connectivity index (χ0) is 11.4. The number of thioether (sulfide) groups is 1. The number of Topliss-reactive ketones (excluding diaryl/α,β-unsaturated/α-hetero) is 1. The molecule has 1 unspecified atom stereocenters. The SMILES string of the molecule is COc1ccc(C(=O)CC2CCSC2)cc1. The minimum absolute atomic E-state index is 0.259. The van der Waals surface area contributed by atoms with Gasteiger partial charge < -0.3 is 4.74 Å². The molecule has 0 bridgehead atoms. The molecule has 1 aromatic carbocycles. The van der Waals surface area contributed by atoms with Crippen LogP contribution in [0.2, 0.25) is 0 Å². The van der Waals surface area contributed by atoms with E-state index in [2.05, 4.69) is 0 Å². The van der Waals surface area contributed by atoms with E-state index in [1.165, 1.54) is 12.2 Å². The third-order valence-electron chi connectivity index (χ3n) is 2.91. The average Bonchev–Trinajstić information content (AvgIpc) is 2.82. The highest BCUT2D eigenvalue weighted by molar-refractivity contribution is 7.99. The van der Waals surface area contributed by atoms with Gasteiger partial charge in [0.15, 0.2) is 5.78 Å². The maximum Gasteiger partial charge on any atom is 0.163 e. The molecule has 0 N–H and O–H groups in total. The molecule has 1 aromatic rings. The van der Waals surface area contributed by atoms with E-state index in [9.17, 15) is 4.79 Å². The molecule has 0 radical (unpaired) electrons. The lowest BCUT2D eigenvalue weighted by Gasteiger charge is -2.07. The predicted molar refractivity (Wildman–Crippen MR) is 67.4 cm³/mol. The molecule has 0 aromatic heterocycles. The highest BCUT2D eigenvalue weighted by Gasteiger charge is 2.19. The molecule has 1 saturated heterocycles. The average molecular weight is 236 g/mol. The van der Waals surface area contributed by atoms with Gasteiger partial charge in [0.2, 0.25) is 0 Å². The molecule has 1 atom stereocenters. The van der Waals surface area contributed by atoms with Gasteiger partial charge in [0.1, 0.15) is 5.75 Å². The Labute approximate surface area is 100 Å².